The summed E-state index contributed by atoms with van der Waals surface area (Å²) in [5.74, 6) is 1.95. The Labute approximate surface area is 134 Å². The van der Waals surface area contributed by atoms with Gasteiger partial charge in [-0.3, -0.25) is 4.79 Å². The summed E-state index contributed by atoms with van der Waals surface area (Å²) in [5, 5.41) is 10.6. The Hall–Kier alpha value is -0.630. The van der Waals surface area contributed by atoms with Gasteiger partial charge in [0.1, 0.15) is 0 Å². The van der Waals surface area contributed by atoms with Gasteiger partial charge in [-0.05, 0) is 65.8 Å². The van der Waals surface area contributed by atoms with Crippen molar-refractivity contribution in [3.63, 3.8) is 0 Å². The highest BCUT2D eigenvalue weighted by atomic mass is 16.3. The van der Waals surface area contributed by atoms with E-state index in [1.165, 1.54) is 0 Å². The number of carbonyl (C=O) groups excluding carboxylic acids is 1. The van der Waals surface area contributed by atoms with E-state index in [-0.39, 0.29) is 27.8 Å². The van der Waals surface area contributed by atoms with Crippen LogP contribution in [-0.2, 0) is 4.79 Å². The molecule has 0 radical (unpaired) electrons. The van der Waals surface area contributed by atoms with Gasteiger partial charge in [-0.25, -0.2) is 0 Å². The van der Waals surface area contributed by atoms with Crippen LogP contribution in [0.5, 0.6) is 0 Å². The van der Waals surface area contributed by atoms with E-state index in [2.05, 4.69) is 40.7 Å². The molecule has 2 heteroatoms. The lowest BCUT2D eigenvalue weighted by atomic mass is 9.52. The van der Waals surface area contributed by atoms with E-state index in [4.69, 9.17) is 0 Å². The van der Waals surface area contributed by atoms with Gasteiger partial charge in [-0.2, -0.15) is 0 Å². The van der Waals surface area contributed by atoms with Gasteiger partial charge in [-0.1, -0.05) is 40.7 Å². The van der Waals surface area contributed by atoms with Crippen molar-refractivity contribution in [1.29, 1.82) is 0 Å². The lowest BCUT2D eigenvalue weighted by Crippen LogP contribution is -2.50. The Kier molecular flexibility index (Phi) is 2.63. The standard InChI is InChI=1S/C20H30O2/c1-12-6-7-14(21)19(5)9-8-13-16-17(2,3)15(22)10-18(16,4)11-20(12,13)19/h6-7,12-13,15-16,22H,8-11H2,1-5H3/t12-,13-,15-,16+,18+,19-,20-/m0/s1. The molecule has 4 aliphatic carbocycles. The minimum absolute atomic E-state index is 0.0297. The van der Waals surface area contributed by atoms with Crippen molar-refractivity contribution in [3.05, 3.63) is 12.2 Å². The number of hydrogen-bond donors (Lipinski definition) is 1. The Morgan fingerprint density at radius 3 is 2.59 bits per heavy atom. The van der Waals surface area contributed by atoms with E-state index in [1.54, 1.807) is 0 Å². The van der Waals surface area contributed by atoms with Crippen LogP contribution in [0.25, 0.3) is 0 Å². The molecule has 0 aliphatic heterocycles. The summed E-state index contributed by atoms with van der Waals surface area (Å²) in [6, 6.07) is 0. The molecule has 0 bridgehead atoms. The van der Waals surface area contributed by atoms with Crippen molar-refractivity contribution in [2.75, 3.05) is 0 Å². The maximum atomic E-state index is 12.8. The number of hydrogen-bond acceptors (Lipinski definition) is 2. The van der Waals surface area contributed by atoms with Crippen LogP contribution in [-0.4, -0.2) is 17.0 Å². The second kappa shape index (κ2) is 3.88. The third-order valence-electron chi connectivity index (χ3n) is 8.71. The smallest absolute Gasteiger partial charge is 0.161 e. The monoisotopic (exact) mass is 302 g/mol. The molecule has 3 fully saturated rings. The molecule has 2 nitrogen and oxygen atoms in total. The van der Waals surface area contributed by atoms with Gasteiger partial charge in [0.2, 0.25) is 0 Å². The number of ketones is 1. The Bertz CT molecular complexity index is 576. The minimum Gasteiger partial charge on any atom is -0.393 e. The van der Waals surface area contributed by atoms with Gasteiger partial charge in [0.15, 0.2) is 5.78 Å². The summed E-state index contributed by atoms with van der Waals surface area (Å²) < 4.78 is 0. The number of aliphatic hydroxyl groups excluding tert-OH is 1. The van der Waals surface area contributed by atoms with Crippen LogP contribution in [0.1, 0.15) is 60.3 Å². The van der Waals surface area contributed by atoms with Crippen LogP contribution >= 0.6 is 0 Å². The predicted octanol–water partition coefficient (Wildman–Crippen LogP) is 3.98. The molecule has 3 saturated carbocycles. The van der Waals surface area contributed by atoms with Crippen molar-refractivity contribution < 1.29 is 9.90 Å². The van der Waals surface area contributed by atoms with Crippen LogP contribution in [0.2, 0.25) is 0 Å². The fourth-order valence-corrected chi connectivity index (χ4v) is 7.87. The average Bonchev–Trinajstić information content (AvgIpc) is 2.91. The molecule has 0 heterocycles. The number of allylic oxidation sites excluding steroid dienone is 2. The first kappa shape index (κ1) is 14.9. The van der Waals surface area contributed by atoms with Crippen LogP contribution in [0.15, 0.2) is 12.2 Å². The van der Waals surface area contributed by atoms with Crippen molar-refractivity contribution in [2.24, 2.45) is 39.4 Å². The SMILES string of the molecule is C[C@H]1C=CC(=O)[C@]2(C)CC[C@H]3[C@@H]4C(C)(C)[C@@H](O)C[C@]4(C)C[C@]132. The molecule has 0 saturated heterocycles. The highest BCUT2D eigenvalue weighted by Crippen LogP contribution is 2.79. The highest BCUT2D eigenvalue weighted by Gasteiger charge is 2.76. The fraction of sp³-hybridized carbons (Fsp3) is 0.850. The molecule has 1 spiro atoms. The molecule has 7 atom stereocenters. The van der Waals surface area contributed by atoms with Gasteiger partial charge >= 0.3 is 0 Å². The average molecular weight is 302 g/mol. The molecule has 4 aliphatic rings. The Morgan fingerprint density at radius 2 is 1.91 bits per heavy atom. The van der Waals surface area contributed by atoms with Gasteiger partial charge in [0.25, 0.3) is 0 Å². The highest BCUT2D eigenvalue weighted by molar-refractivity contribution is 5.96. The lowest BCUT2D eigenvalue weighted by Gasteiger charge is -2.50. The summed E-state index contributed by atoms with van der Waals surface area (Å²) in [6.07, 6.45) is 8.05. The molecular weight excluding hydrogens is 272 g/mol. The molecular formula is C20H30O2. The van der Waals surface area contributed by atoms with Crippen LogP contribution < -0.4 is 0 Å². The van der Waals surface area contributed by atoms with E-state index in [9.17, 15) is 9.90 Å². The van der Waals surface area contributed by atoms with Crippen molar-refractivity contribution in [1.82, 2.24) is 0 Å². The second-order valence-electron chi connectivity index (χ2n) is 9.88. The number of rotatable bonds is 0. The summed E-state index contributed by atoms with van der Waals surface area (Å²) in [6.45, 7) is 11.5. The second-order valence-corrected chi connectivity index (χ2v) is 9.88. The molecule has 0 unspecified atom stereocenters. The third kappa shape index (κ3) is 1.32. The summed E-state index contributed by atoms with van der Waals surface area (Å²) in [7, 11) is 0. The zero-order valence-corrected chi connectivity index (χ0v) is 14.6. The van der Waals surface area contributed by atoms with E-state index < -0.39 is 0 Å². The number of aliphatic hydroxyl groups is 1. The van der Waals surface area contributed by atoms with Gasteiger partial charge in [-0.15, -0.1) is 0 Å². The molecule has 0 amide bonds. The normalized spacial score (nSPS) is 58.5. The fourth-order valence-electron chi connectivity index (χ4n) is 7.87. The minimum atomic E-state index is -0.197. The summed E-state index contributed by atoms with van der Waals surface area (Å²) >= 11 is 0. The van der Waals surface area contributed by atoms with Crippen LogP contribution in [0.3, 0.4) is 0 Å². The van der Waals surface area contributed by atoms with E-state index in [0.717, 1.165) is 25.7 Å². The zero-order valence-electron chi connectivity index (χ0n) is 14.6. The largest absolute Gasteiger partial charge is 0.393 e. The molecule has 0 aromatic heterocycles. The van der Waals surface area contributed by atoms with Crippen LogP contribution in [0, 0.1) is 39.4 Å². The van der Waals surface area contributed by atoms with E-state index in [0.29, 0.717) is 23.5 Å². The van der Waals surface area contributed by atoms with Gasteiger partial charge in [0, 0.05) is 5.41 Å². The number of fused-ring (bicyclic) bond motifs is 2. The molecule has 0 aromatic carbocycles. The first-order valence-corrected chi connectivity index (χ1v) is 9.00. The first-order chi connectivity index (χ1) is 10.1. The maximum Gasteiger partial charge on any atom is 0.161 e. The van der Waals surface area contributed by atoms with Gasteiger partial charge in [0.05, 0.1) is 6.10 Å². The number of carbonyl (C=O) groups is 1. The Balaban J connectivity index is 1.90. The van der Waals surface area contributed by atoms with Gasteiger partial charge < -0.3 is 5.11 Å². The molecule has 122 valence electrons. The maximum absolute atomic E-state index is 12.8. The quantitative estimate of drug-likeness (QED) is 0.735. The zero-order chi connectivity index (χ0) is 16.1. The van der Waals surface area contributed by atoms with Crippen LogP contribution in [0.4, 0.5) is 0 Å². The lowest BCUT2D eigenvalue weighted by molar-refractivity contribution is -0.134. The van der Waals surface area contributed by atoms with Crippen molar-refractivity contribution in [2.45, 2.75) is 66.4 Å². The van der Waals surface area contributed by atoms with Crippen molar-refractivity contribution in [3.8, 4) is 0 Å². The van der Waals surface area contributed by atoms with E-state index >= 15 is 0 Å². The predicted molar refractivity (Wildman–Crippen MR) is 87.2 cm³/mol. The summed E-state index contributed by atoms with van der Waals surface area (Å²) in [4.78, 5) is 12.8. The molecule has 1 N–H and O–H groups in total. The molecule has 4 rings (SSSR count). The van der Waals surface area contributed by atoms with E-state index in [1.807, 2.05) is 6.08 Å². The Morgan fingerprint density at radius 1 is 1.23 bits per heavy atom. The summed E-state index contributed by atoms with van der Waals surface area (Å²) in [5.41, 5.74) is 0.100. The first-order valence-electron chi connectivity index (χ1n) is 9.00. The van der Waals surface area contributed by atoms with Crippen molar-refractivity contribution >= 4 is 5.78 Å². The third-order valence-corrected chi connectivity index (χ3v) is 8.71. The topological polar surface area (TPSA) is 37.3 Å². The molecule has 22 heavy (non-hydrogen) atoms. The molecule has 0 aromatic rings.